The quantitative estimate of drug-likeness (QED) is 0.491. The number of sulfone groups is 1. The first kappa shape index (κ1) is 25.4. The Bertz CT molecular complexity index is 1250. The van der Waals surface area contributed by atoms with Crippen molar-refractivity contribution < 1.29 is 18.0 Å². The molecule has 2 aromatic carbocycles. The van der Waals surface area contributed by atoms with Crippen molar-refractivity contribution in [2.75, 3.05) is 0 Å². The predicted molar refractivity (Wildman–Crippen MR) is 127 cm³/mol. The van der Waals surface area contributed by atoms with Gasteiger partial charge in [0.1, 0.15) is 10.6 Å². The van der Waals surface area contributed by atoms with E-state index in [4.69, 9.17) is 17.3 Å². The Morgan fingerprint density at radius 3 is 2.34 bits per heavy atom. The molecule has 0 aliphatic carbocycles. The number of hydrogen-bond donors (Lipinski definition) is 3. The van der Waals surface area contributed by atoms with Crippen molar-refractivity contribution in [2.45, 2.75) is 50.5 Å². The zero-order chi connectivity index (χ0) is 24.2. The molecule has 4 N–H and O–H groups in total. The minimum absolute atomic E-state index is 0.0657. The molecule has 32 heavy (non-hydrogen) atoms. The van der Waals surface area contributed by atoms with Crippen molar-refractivity contribution in [3.8, 4) is 0 Å². The first-order valence-corrected chi connectivity index (χ1v) is 12.1. The normalized spacial score (nSPS) is 13.1. The first-order valence-electron chi connectivity index (χ1n) is 10.3. The van der Waals surface area contributed by atoms with E-state index in [-0.39, 0.29) is 15.5 Å². The fourth-order valence-corrected chi connectivity index (χ4v) is 5.01. The third kappa shape index (κ3) is 5.14. The lowest BCUT2D eigenvalue weighted by atomic mass is 10.0. The topological polar surface area (TPSA) is 122 Å². The molecular formula is C23H28ClN3O4S. The van der Waals surface area contributed by atoms with Gasteiger partial charge in [-0.3, -0.25) is 9.59 Å². The number of nitrogens with two attached hydrogens (primary N) is 1. The van der Waals surface area contributed by atoms with Crippen LogP contribution >= 0.6 is 11.6 Å². The molecule has 1 heterocycles. The predicted octanol–water partition coefficient (Wildman–Crippen LogP) is 4.23. The maximum absolute atomic E-state index is 13.5. The van der Waals surface area contributed by atoms with Gasteiger partial charge in [-0.2, -0.15) is 0 Å². The Kier molecular flexibility index (Phi) is 8.09. The van der Waals surface area contributed by atoms with Gasteiger partial charge >= 0.3 is 0 Å². The van der Waals surface area contributed by atoms with Crippen LogP contribution in [-0.4, -0.2) is 31.3 Å². The van der Waals surface area contributed by atoms with Crippen LogP contribution in [0, 0.1) is 12.8 Å². The van der Waals surface area contributed by atoms with Crippen molar-refractivity contribution in [2.24, 2.45) is 11.7 Å². The standard InChI is InChI=1S/C21H22ClN3O4S.C2H6/c1-11-5-4-6-15(9-11)30(28,29)19-16-10-14(22)7-8-17(16)25-18(19)21(27)24-13(3)12(2)20(23)26;1-2/h4-10,12-13,25H,1-3H3,(H2,23,26)(H,24,27);1-2H3. The molecule has 0 saturated heterocycles. The second kappa shape index (κ2) is 10.2. The van der Waals surface area contributed by atoms with Crippen LogP contribution in [0.4, 0.5) is 0 Å². The van der Waals surface area contributed by atoms with Crippen LogP contribution < -0.4 is 11.1 Å². The van der Waals surface area contributed by atoms with Gasteiger partial charge in [0.2, 0.25) is 15.7 Å². The van der Waals surface area contributed by atoms with Crippen LogP contribution in [0.15, 0.2) is 52.3 Å². The molecule has 0 radical (unpaired) electrons. The van der Waals surface area contributed by atoms with E-state index < -0.39 is 33.6 Å². The molecular weight excluding hydrogens is 450 g/mol. The molecule has 0 spiro atoms. The molecule has 3 aromatic rings. The summed E-state index contributed by atoms with van der Waals surface area (Å²) >= 11 is 6.10. The average Bonchev–Trinajstić information content (AvgIpc) is 3.14. The van der Waals surface area contributed by atoms with Gasteiger partial charge in [0, 0.05) is 22.0 Å². The van der Waals surface area contributed by atoms with E-state index in [0.29, 0.717) is 15.9 Å². The number of benzene rings is 2. The zero-order valence-electron chi connectivity index (χ0n) is 18.7. The number of aromatic amines is 1. The number of H-pyrrole nitrogens is 1. The molecule has 2 amide bonds. The van der Waals surface area contributed by atoms with Gasteiger partial charge in [-0.05, 0) is 49.7 Å². The summed E-state index contributed by atoms with van der Waals surface area (Å²) in [6.07, 6.45) is 0. The summed E-state index contributed by atoms with van der Waals surface area (Å²) in [5.74, 6) is -1.86. The summed E-state index contributed by atoms with van der Waals surface area (Å²) < 4.78 is 27.0. The summed E-state index contributed by atoms with van der Waals surface area (Å²) in [5.41, 5.74) is 6.40. The van der Waals surface area contributed by atoms with E-state index in [0.717, 1.165) is 5.56 Å². The van der Waals surface area contributed by atoms with Crippen LogP contribution in [0.3, 0.4) is 0 Å². The lowest BCUT2D eigenvalue weighted by Gasteiger charge is -2.18. The summed E-state index contributed by atoms with van der Waals surface area (Å²) in [6, 6.07) is 10.6. The van der Waals surface area contributed by atoms with Gasteiger partial charge < -0.3 is 16.0 Å². The zero-order valence-corrected chi connectivity index (χ0v) is 20.3. The van der Waals surface area contributed by atoms with Crippen LogP contribution in [0.25, 0.3) is 10.9 Å². The fourth-order valence-electron chi connectivity index (χ4n) is 3.13. The van der Waals surface area contributed by atoms with Gasteiger partial charge in [-0.25, -0.2) is 8.42 Å². The summed E-state index contributed by atoms with van der Waals surface area (Å²) in [5, 5.41) is 3.31. The number of carbonyl (C=O) groups is 2. The second-order valence-electron chi connectivity index (χ2n) is 7.29. The molecule has 2 atom stereocenters. The molecule has 0 saturated carbocycles. The second-order valence-corrected chi connectivity index (χ2v) is 9.62. The van der Waals surface area contributed by atoms with Crippen LogP contribution in [0.1, 0.15) is 43.7 Å². The number of rotatable bonds is 6. The Balaban J connectivity index is 0.00000176. The van der Waals surface area contributed by atoms with E-state index in [1.807, 2.05) is 13.8 Å². The maximum Gasteiger partial charge on any atom is 0.269 e. The lowest BCUT2D eigenvalue weighted by molar-refractivity contribution is -0.121. The first-order chi connectivity index (χ1) is 15.0. The Morgan fingerprint density at radius 1 is 1.09 bits per heavy atom. The molecule has 0 aliphatic rings. The number of fused-ring (bicyclic) bond motifs is 1. The van der Waals surface area contributed by atoms with E-state index in [1.165, 1.54) is 18.2 Å². The number of halogens is 1. The third-order valence-corrected chi connectivity index (χ3v) is 7.14. The molecule has 0 aliphatic heterocycles. The van der Waals surface area contributed by atoms with E-state index in [1.54, 1.807) is 45.0 Å². The molecule has 172 valence electrons. The minimum atomic E-state index is -4.05. The van der Waals surface area contributed by atoms with Crippen molar-refractivity contribution >= 4 is 44.2 Å². The SMILES string of the molecule is CC.Cc1cccc(S(=O)(=O)c2c(C(=O)NC(C)C(C)C(N)=O)[nH]c3ccc(Cl)cc23)c1. The van der Waals surface area contributed by atoms with Crippen LogP contribution in [0.2, 0.25) is 5.02 Å². The molecule has 0 fully saturated rings. The summed E-state index contributed by atoms with van der Waals surface area (Å²) in [6.45, 7) is 9.00. The number of aryl methyl sites for hydroxylation is 1. The molecule has 7 nitrogen and oxygen atoms in total. The lowest BCUT2D eigenvalue weighted by Crippen LogP contribution is -2.42. The molecule has 0 bridgehead atoms. The van der Waals surface area contributed by atoms with Crippen molar-refractivity contribution in [3.05, 3.63) is 58.7 Å². The smallest absolute Gasteiger partial charge is 0.269 e. The minimum Gasteiger partial charge on any atom is -0.369 e. The highest BCUT2D eigenvalue weighted by atomic mass is 35.5. The van der Waals surface area contributed by atoms with E-state index >= 15 is 0 Å². The highest BCUT2D eigenvalue weighted by molar-refractivity contribution is 7.91. The maximum atomic E-state index is 13.5. The summed E-state index contributed by atoms with van der Waals surface area (Å²) in [7, 11) is -4.05. The van der Waals surface area contributed by atoms with Gasteiger partial charge in [0.05, 0.1) is 10.8 Å². The van der Waals surface area contributed by atoms with Crippen molar-refractivity contribution in [1.29, 1.82) is 0 Å². The highest BCUT2D eigenvalue weighted by Gasteiger charge is 2.31. The van der Waals surface area contributed by atoms with Crippen molar-refractivity contribution in [1.82, 2.24) is 10.3 Å². The summed E-state index contributed by atoms with van der Waals surface area (Å²) in [4.78, 5) is 27.2. The largest absolute Gasteiger partial charge is 0.369 e. The van der Waals surface area contributed by atoms with Crippen LogP contribution in [-0.2, 0) is 14.6 Å². The molecule has 3 rings (SSSR count). The number of carbonyl (C=O) groups excluding carboxylic acids is 2. The third-order valence-electron chi connectivity index (χ3n) is 5.07. The molecule has 1 aromatic heterocycles. The number of nitrogens with one attached hydrogen (secondary N) is 2. The Morgan fingerprint density at radius 2 is 1.75 bits per heavy atom. The number of hydrogen-bond acceptors (Lipinski definition) is 4. The average molecular weight is 478 g/mol. The Hall–Kier alpha value is -2.84. The van der Waals surface area contributed by atoms with Crippen molar-refractivity contribution in [3.63, 3.8) is 0 Å². The number of aromatic nitrogens is 1. The number of primary amides is 1. The Labute approximate surface area is 193 Å². The monoisotopic (exact) mass is 477 g/mol. The highest BCUT2D eigenvalue weighted by Crippen LogP contribution is 2.33. The molecule has 2 unspecified atom stereocenters. The number of amides is 2. The van der Waals surface area contributed by atoms with E-state index in [2.05, 4.69) is 10.3 Å². The van der Waals surface area contributed by atoms with Gasteiger partial charge in [-0.1, -0.05) is 44.5 Å². The van der Waals surface area contributed by atoms with Crippen LogP contribution in [0.5, 0.6) is 0 Å². The van der Waals surface area contributed by atoms with Gasteiger partial charge in [0.25, 0.3) is 5.91 Å². The van der Waals surface area contributed by atoms with E-state index in [9.17, 15) is 18.0 Å². The van der Waals surface area contributed by atoms with Gasteiger partial charge in [-0.15, -0.1) is 0 Å². The fraction of sp³-hybridized carbons (Fsp3) is 0.304. The molecule has 9 heteroatoms. The van der Waals surface area contributed by atoms with Gasteiger partial charge in [0.15, 0.2) is 0 Å².